The molecule has 0 spiro atoms. The summed E-state index contributed by atoms with van der Waals surface area (Å²) in [4.78, 5) is 0.153. The van der Waals surface area contributed by atoms with Crippen molar-refractivity contribution in [2.24, 2.45) is 11.7 Å². The molecule has 0 unspecified atom stereocenters. The van der Waals surface area contributed by atoms with Crippen molar-refractivity contribution in [3.05, 3.63) is 17.7 Å². The van der Waals surface area contributed by atoms with E-state index in [1.807, 2.05) is 0 Å². The molecule has 6 nitrogen and oxygen atoms in total. The van der Waals surface area contributed by atoms with Gasteiger partial charge in [-0.05, 0) is 24.8 Å². The van der Waals surface area contributed by atoms with Crippen LogP contribution in [0.5, 0.6) is 11.5 Å². The van der Waals surface area contributed by atoms with E-state index in [1.165, 1.54) is 26.4 Å². The van der Waals surface area contributed by atoms with Crippen LogP contribution in [0.25, 0.3) is 0 Å². The maximum absolute atomic E-state index is 12.4. The summed E-state index contributed by atoms with van der Waals surface area (Å²) < 4.78 is 38.0. The van der Waals surface area contributed by atoms with Gasteiger partial charge in [0.05, 0.1) is 19.1 Å². The van der Waals surface area contributed by atoms with Crippen molar-refractivity contribution in [1.82, 2.24) is 4.72 Å². The number of methoxy groups -OCH3 is 2. The Morgan fingerprint density at radius 2 is 1.95 bits per heavy atom. The van der Waals surface area contributed by atoms with Gasteiger partial charge in [-0.15, -0.1) is 0 Å². The van der Waals surface area contributed by atoms with Crippen molar-refractivity contribution in [2.75, 3.05) is 14.2 Å². The lowest BCUT2D eigenvalue weighted by Crippen LogP contribution is -2.43. The monoisotopic (exact) mass is 314 g/mol. The summed E-state index contributed by atoms with van der Waals surface area (Å²) in [6, 6.07) is 3.01. The number of hydrogen-bond acceptors (Lipinski definition) is 5. The van der Waals surface area contributed by atoms with Gasteiger partial charge in [0.1, 0.15) is 0 Å². The van der Waals surface area contributed by atoms with Crippen molar-refractivity contribution in [3.63, 3.8) is 0 Å². The van der Waals surface area contributed by atoms with Crippen LogP contribution < -0.4 is 19.9 Å². The van der Waals surface area contributed by atoms with Gasteiger partial charge in [-0.2, -0.15) is 0 Å². The molecule has 1 aromatic carbocycles. The van der Waals surface area contributed by atoms with Crippen molar-refractivity contribution >= 4 is 10.0 Å². The molecule has 7 heteroatoms. The maximum atomic E-state index is 12.4. The van der Waals surface area contributed by atoms with E-state index in [-0.39, 0.29) is 17.5 Å². The first-order chi connectivity index (χ1) is 9.91. The second-order valence-corrected chi connectivity index (χ2v) is 7.13. The van der Waals surface area contributed by atoms with Crippen LogP contribution >= 0.6 is 0 Å². The van der Waals surface area contributed by atoms with E-state index in [0.717, 1.165) is 12.8 Å². The molecule has 2 rings (SSSR count). The highest BCUT2D eigenvalue weighted by Crippen LogP contribution is 2.34. The Kier molecular flexibility index (Phi) is 4.75. The third kappa shape index (κ3) is 3.30. The second-order valence-electron chi connectivity index (χ2n) is 5.42. The summed E-state index contributed by atoms with van der Waals surface area (Å²) in [5.41, 5.74) is 6.26. The second kappa shape index (κ2) is 6.21. The van der Waals surface area contributed by atoms with Gasteiger partial charge in [-0.1, -0.05) is 6.92 Å². The number of ether oxygens (including phenoxy) is 2. The third-order valence-electron chi connectivity index (χ3n) is 3.76. The SMILES string of the molecule is COc1cc(S(=O)(=O)NC2CC(C)C2)cc(CN)c1OC. The fourth-order valence-corrected chi connectivity index (χ4v) is 3.94. The Bertz CT molecular complexity index is 584. The molecule has 0 radical (unpaired) electrons. The molecule has 21 heavy (non-hydrogen) atoms. The summed E-state index contributed by atoms with van der Waals surface area (Å²) in [6.45, 7) is 2.27. The zero-order valence-corrected chi connectivity index (χ0v) is 13.4. The van der Waals surface area contributed by atoms with Gasteiger partial charge < -0.3 is 15.2 Å². The van der Waals surface area contributed by atoms with E-state index in [2.05, 4.69) is 11.6 Å². The van der Waals surface area contributed by atoms with Gasteiger partial charge in [-0.25, -0.2) is 13.1 Å². The van der Waals surface area contributed by atoms with E-state index < -0.39 is 10.0 Å². The molecule has 1 saturated carbocycles. The van der Waals surface area contributed by atoms with Crippen LogP contribution in [0, 0.1) is 5.92 Å². The van der Waals surface area contributed by atoms with Crippen LogP contribution in [-0.2, 0) is 16.6 Å². The number of nitrogens with two attached hydrogens (primary N) is 1. The fraction of sp³-hybridized carbons (Fsp3) is 0.571. The molecule has 1 fully saturated rings. The minimum absolute atomic E-state index is 0.0134. The Morgan fingerprint density at radius 3 is 2.43 bits per heavy atom. The minimum Gasteiger partial charge on any atom is -0.493 e. The lowest BCUT2D eigenvalue weighted by molar-refractivity contribution is 0.270. The first-order valence-corrected chi connectivity index (χ1v) is 8.37. The lowest BCUT2D eigenvalue weighted by Gasteiger charge is -2.33. The number of benzene rings is 1. The molecule has 1 aliphatic carbocycles. The van der Waals surface area contributed by atoms with Crippen LogP contribution in [0.2, 0.25) is 0 Å². The van der Waals surface area contributed by atoms with Gasteiger partial charge >= 0.3 is 0 Å². The van der Waals surface area contributed by atoms with Crippen molar-refractivity contribution in [2.45, 2.75) is 37.2 Å². The molecule has 0 saturated heterocycles. The van der Waals surface area contributed by atoms with Crippen molar-refractivity contribution < 1.29 is 17.9 Å². The lowest BCUT2D eigenvalue weighted by atomic mass is 9.83. The van der Waals surface area contributed by atoms with Crippen LogP contribution in [0.3, 0.4) is 0 Å². The molecule has 0 bridgehead atoms. The van der Waals surface area contributed by atoms with Gasteiger partial charge in [0, 0.05) is 24.2 Å². The summed E-state index contributed by atoms with van der Waals surface area (Å²) in [7, 11) is -0.608. The van der Waals surface area contributed by atoms with Gasteiger partial charge in [0.2, 0.25) is 10.0 Å². The van der Waals surface area contributed by atoms with Gasteiger partial charge in [0.15, 0.2) is 11.5 Å². The topological polar surface area (TPSA) is 90.7 Å². The average Bonchev–Trinajstić information content (AvgIpc) is 2.43. The zero-order chi connectivity index (χ0) is 15.6. The largest absolute Gasteiger partial charge is 0.493 e. The highest BCUT2D eigenvalue weighted by Gasteiger charge is 2.30. The van der Waals surface area contributed by atoms with Gasteiger partial charge in [0.25, 0.3) is 0 Å². The summed E-state index contributed by atoms with van der Waals surface area (Å²) in [5.74, 6) is 1.40. The molecular weight excluding hydrogens is 292 g/mol. The molecule has 3 N–H and O–H groups in total. The van der Waals surface area contributed by atoms with E-state index in [9.17, 15) is 8.42 Å². The molecule has 0 amide bonds. The van der Waals surface area contributed by atoms with Crippen LogP contribution in [0.4, 0.5) is 0 Å². The Labute approximate surface area is 125 Å². The molecule has 0 heterocycles. The summed E-state index contributed by atoms with van der Waals surface area (Å²) in [5, 5.41) is 0. The number of hydrogen-bond donors (Lipinski definition) is 2. The molecule has 0 aliphatic heterocycles. The highest BCUT2D eigenvalue weighted by atomic mass is 32.2. The summed E-state index contributed by atoms with van der Waals surface area (Å²) in [6.07, 6.45) is 1.74. The zero-order valence-electron chi connectivity index (χ0n) is 12.5. The van der Waals surface area contributed by atoms with Crippen LogP contribution in [0.1, 0.15) is 25.3 Å². The Hall–Kier alpha value is -1.31. The molecule has 1 aromatic rings. The predicted molar refractivity (Wildman–Crippen MR) is 79.9 cm³/mol. The normalized spacial score (nSPS) is 21.7. The van der Waals surface area contributed by atoms with E-state index >= 15 is 0 Å². The standard InChI is InChI=1S/C14H22N2O4S/c1-9-4-11(5-9)16-21(17,18)12-6-10(8-15)14(20-3)13(7-12)19-2/h6-7,9,11,16H,4-5,8,15H2,1-3H3. The van der Waals surface area contributed by atoms with E-state index in [0.29, 0.717) is 23.0 Å². The summed E-state index contributed by atoms with van der Waals surface area (Å²) >= 11 is 0. The Morgan fingerprint density at radius 1 is 1.29 bits per heavy atom. The smallest absolute Gasteiger partial charge is 0.240 e. The number of rotatable bonds is 6. The molecule has 1 aliphatic rings. The number of nitrogens with one attached hydrogen (secondary N) is 1. The number of sulfonamides is 1. The van der Waals surface area contributed by atoms with E-state index in [1.54, 1.807) is 0 Å². The first kappa shape index (κ1) is 16.1. The van der Waals surface area contributed by atoms with Crippen LogP contribution in [-0.4, -0.2) is 28.7 Å². The van der Waals surface area contributed by atoms with Crippen LogP contribution in [0.15, 0.2) is 17.0 Å². The Balaban J connectivity index is 2.34. The molecular formula is C14H22N2O4S. The quantitative estimate of drug-likeness (QED) is 0.824. The average molecular weight is 314 g/mol. The molecule has 118 valence electrons. The fourth-order valence-electron chi connectivity index (χ4n) is 2.61. The molecule has 0 aromatic heterocycles. The molecule has 0 atom stereocenters. The third-order valence-corrected chi connectivity index (χ3v) is 5.26. The van der Waals surface area contributed by atoms with Gasteiger partial charge in [-0.3, -0.25) is 0 Å². The highest BCUT2D eigenvalue weighted by molar-refractivity contribution is 7.89. The first-order valence-electron chi connectivity index (χ1n) is 6.88. The van der Waals surface area contributed by atoms with E-state index in [4.69, 9.17) is 15.2 Å². The van der Waals surface area contributed by atoms with Crippen molar-refractivity contribution in [3.8, 4) is 11.5 Å². The minimum atomic E-state index is -3.58. The predicted octanol–water partition coefficient (Wildman–Crippen LogP) is 1.24. The van der Waals surface area contributed by atoms with Crippen molar-refractivity contribution in [1.29, 1.82) is 0 Å². The maximum Gasteiger partial charge on any atom is 0.240 e.